The molecule has 1 aliphatic carbocycles. The van der Waals surface area contributed by atoms with Gasteiger partial charge in [-0.1, -0.05) is 29.8 Å². The van der Waals surface area contributed by atoms with Gasteiger partial charge in [0, 0.05) is 34.0 Å². The lowest BCUT2D eigenvalue weighted by molar-refractivity contribution is -0.137. The molecule has 6 nitrogen and oxygen atoms in total. The Balaban J connectivity index is 1.32. The van der Waals surface area contributed by atoms with Crippen molar-refractivity contribution in [1.82, 2.24) is 10.2 Å². The zero-order valence-corrected chi connectivity index (χ0v) is 24.3. The summed E-state index contributed by atoms with van der Waals surface area (Å²) in [6.07, 6.45) is 4.25. The smallest absolute Gasteiger partial charge is 0.304 e. The van der Waals surface area contributed by atoms with Crippen molar-refractivity contribution in [3.05, 3.63) is 94.3 Å². The molecule has 3 aliphatic rings. The zero-order chi connectivity index (χ0) is 28.6. The molecule has 1 atom stereocenters. The van der Waals surface area contributed by atoms with E-state index in [0.29, 0.717) is 29.6 Å². The van der Waals surface area contributed by atoms with Crippen molar-refractivity contribution in [2.45, 2.75) is 55.0 Å². The molecule has 2 N–H and O–H groups in total. The first kappa shape index (κ1) is 28.1. The van der Waals surface area contributed by atoms with Gasteiger partial charge in [-0.25, -0.2) is 4.39 Å². The van der Waals surface area contributed by atoms with Crippen LogP contribution in [0.25, 0.3) is 0 Å². The molecule has 0 aromatic heterocycles. The third-order valence-electron chi connectivity index (χ3n) is 8.72. The van der Waals surface area contributed by atoms with Gasteiger partial charge in [0.05, 0.1) is 18.2 Å². The molecule has 9 heteroatoms. The average Bonchev–Trinajstić information content (AvgIpc) is 3.78. The quantitative estimate of drug-likeness (QED) is 0.275. The number of anilines is 1. The van der Waals surface area contributed by atoms with E-state index >= 15 is 0 Å². The van der Waals surface area contributed by atoms with E-state index in [9.17, 15) is 19.1 Å². The van der Waals surface area contributed by atoms with Gasteiger partial charge in [0.25, 0.3) is 5.91 Å². The molecule has 1 saturated heterocycles. The van der Waals surface area contributed by atoms with Crippen molar-refractivity contribution in [3.63, 3.8) is 0 Å². The van der Waals surface area contributed by atoms with Crippen LogP contribution in [0.4, 0.5) is 10.1 Å². The number of nitrogens with zero attached hydrogens (tertiary/aromatic N) is 2. The monoisotopic (exact) mass is 593 g/mol. The summed E-state index contributed by atoms with van der Waals surface area (Å²) in [6, 6.07) is 20.4. The summed E-state index contributed by atoms with van der Waals surface area (Å²) >= 11 is 7.95. The average molecular weight is 594 g/mol. The van der Waals surface area contributed by atoms with Gasteiger partial charge in [-0.2, -0.15) is 0 Å². The highest BCUT2D eigenvalue weighted by molar-refractivity contribution is 8.00. The molecule has 214 valence electrons. The first-order valence-electron chi connectivity index (χ1n) is 14.2. The SMILES string of the molecule is O=C(O)CCN1CCC2(CC1)c1cc(C(=O)NCc3ccccc3Cl)ccc1N(Sc1ccc(F)cc1)C2C1CC1. The Labute approximate surface area is 249 Å². The molecule has 3 aromatic rings. The Morgan fingerprint density at radius 2 is 1.78 bits per heavy atom. The standard InChI is InChI=1S/C32H33ClFN3O3S/c33-27-4-2-1-3-23(27)20-35-31(40)22-7-12-28-26(19-22)32(14-17-36(18-15-32)16-13-29(38)39)30(21-5-6-21)37(28)41-25-10-8-24(34)9-11-25/h1-4,7-12,19,21,30H,5-6,13-18,20H2,(H,35,40)(H,38,39). The van der Waals surface area contributed by atoms with E-state index in [1.54, 1.807) is 11.9 Å². The second kappa shape index (κ2) is 11.7. The Morgan fingerprint density at radius 3 is 2.46 bits per heavy atom. The van der Waals surface area contributed by atoms with Crippen molar-refractivity contribution < 1.29 is 19.1 Å². The first-order chi connectivity index (χ1) is 19.8. The Hall–Kier alpha value is -3.07. The van der Waals surface area contributed by atoms with Crippen LogP contribution in [0.15, 0.2) is 71.6 Å². The summed E-state index contributed by atoms with van der Waals surface area (Å²) in [5.74, 6) is -0.637. The van der Waals surface area contributed by atoms with Crippen molar-refractivity contribution >= 4 is 41.1 Å². The van der Waals surface area contributed by atoms with E-state index in [0.717, 1.165) is 54.9 Å². The molecular formula is C32H33ClFN3O3S. The van der Waals surface area contributed by atoms with Crippen LogP contribution in [0, 0.1) is 11.7 Å². The summed E-state index contributed by atoms with van der Waals surface area (Å²) in [7, 11) is 0. The van der Waals surface area contributed by atoms with Gasteiger partial charge < -0.3 is 19.6 Å². The number of rotatable bonds is 9. The number of amides is 1. The number of aliphatic carboxylic acids is 1. The minimum atomic E-state index is -0.776. The summed E-state index contributed by atoms with van der Waals surface area (Å²) in [6.45, 7) is 2.52. The number of hydrogen-bond donors (Lipinski definition) is 2. The number of carbonyl (C=O) groups is 2. The highest BCUT2D eigenvalue weighted by Gasteiger charge is 2.57. The number of hydrogen-bond acceptors (Lipinski definition) is 5. The molecule has 3 aromatic carbocycles. The summed E-state index contributed by atoms with van der Waals surface area (Å²) < 4.78 is 16.1. The first-order valence-corrected chi connectivity index (χ1v) is 15.3. The number of fused-ring (bicyclic) bond motifs is 2. The van der Waals surface area contributed by atoms with Gasteiger partial charge in [0.1, 0.15) is 5.82 Å². The van der Waals surface area contributed by atoms with E-state index in [2.05, 4.69) is 26.7 Å². The van der Waals surface area contributed by atoms with E-state index in [-0.39, 0.29) is 29.6 Å². The van der Waals surface area contributed by atoms with Crippen molar-refractivity contribution in [2.24, 2.45) is 5.92 Å². The van der Waals surface area contributed by atoms with Crippen LogP contribution in [0.3, 0.4) is 0 Å². The lowest BCUT2D eigenvalue weighted by Gasteiger charge is -2.45. The zero-order valence-electron chi connectivity index (χ0n) is 22.7. The Bertz CT molecular complexity index is 1440. The van der Waals surface area contributed by atoms with Gasteiger partial charge in [-0.05, 0) is 116 Å². The van der Waals surface area contributed by atoms with Crippen LogP contribution in [-0.2, 0) is 16.8 Å². The van der Waals surface area contributed by atoms with Crippen LogP contribution in [0.1, 0.15) is 53.6 Å². The van der Waals surface area contributed by atoms with Crippen molar-refractivity contribution in [3.8, 4) is 0 Å². The largest absolute Gasteiger partial charge is 0.481 e. The maximum absolute atomic E-state index is 13.7. The number of carboxylic acid groups (broad SMARTS) is 1. The maximum atomic E-state index is 13.7. The summed E-state index contributed by atoms with van der Waals surface area (Å²) in [4.78, 5) is 27.8. The predicted octanol–water partition coefficient (Wildman–Crippen LogP) is 6.52. The molecule has 1 saturated carbocycles. The molecular weight excluding hydrogens is 561 g/mol. The van der Waals surface area contributed by atoms with Crippen LogP contribution in [0.5, 0.6) is 0 Å². The Morgan fingerprint density at radius 1 is 1.05 bits per heavy atom. The lowest BCUT2D eigenvalue weighted by atomic mass is 9.68. The number of nitrogens with one attached hydrogen (secondary N) is 1. The van der Waals surface area contributed by atoms with E-state index in [1.807, 2.05) is 42.5 Å². The fraction of sp³-hybridized carbons (Fsp3) is 0.375. The number of piperidine rings is 1. The van der Waals surface area contributed by atoms with Crippen LogP contribution >= 0.6 is 23.5 Å². The topological polar surface area (TPSA) is 72.9 Å². The maximum Gasteiger partial charge on any atom is 0.304 e. The molecule has 41 heavy (non-hydrogen) atoms. The van der Waals surface area contributed by atoms with Gasteiger partial charge in [-0.15, -0.1) is 0 Å². The second-order valence-corrected chi connectivity index (χ2v) is 12.8. The Kier molecular flexibility index (Phi) is 7.99. The number of carbonyl (C=O) groups excluding carboxylic acids is 1. The summed E-state index contributed by atoms with van der Waals surface area (Å²) in [5, 5.41) is 12.9. The number of benzene rings is 3. The minimum Gasteiger partial charge on any atom is -0.481 e. The molecule has 0 radical (unpaired) electrons. The van der Waals surface area contributed by atoms with E-state index < -0.39 is 5.97 Å². The van der Waals surface area contributed by atoms with Gasteiger partial charge in [0.2, 0.25) is 0 Å². The van der Waals surface area contributed by atoms with Crippen LogP contribution in [-0.4, -0.2) is 47.6 Å². The van der Waals surface area contributed by atoms with Gasteiger partial charge in [-0.3, -0.25) is 9.59 Å². The number of likely N-dealkylation sites (tertiary alicyclic amines) is 1. The fourth-order valence-corrected chi connectivity index (χ4v) is 7.92. The second-order valence-electron chi connectivity index (χ2n) is 11.3. The molecule has 2 fully saturated rings. The van der Waals surface area contributed by atoms with E-state index in [4.69, 9.17) is 11.6 Å². The molecule has 6 rings (SSSR count). The summed E-state index contributed by atoms with van der Waals surface area (Å²) in [5.41, 5.74) is 3.63. The lowest BCUT2D eigenvalue weighted by Crippen LogP contribution is -2.51. The molecule has 2 aliphatic heterocycles. The molecule has 1 spiro atoms. The highest BCUT2D eigenvalue weighted by Crippen LogP contribution is 2.60. The molecule has 2 heterocycles. The van der Waals surface area contributed by atoms with Crippen LogP contribution in [0.2, 0.25) is 5.02 Å². The van der Waals surface area contributed by atoms with Gasteiger partial charge in [0.15, 0.2) is 0 Å². The number of halogens is 2. The normalized spacial score (nSPS) is 19.8. The van der Waals surface area contributed by atoms with Crippen molar-refractivity contribution in [1.29, 1.82) is 0 Å². The third-order valence-corrected chi connectivity index (χ3v) is 10.2. The third kappa shape index (κ3) is 5.83. The molecule has 1 unspecified atom stereocenters. The fourth-order valence-electron chi connectivity index (χ4n) is 6.49. The van der Waals surface area contributed by atoms with Gasteiger partial charge >= 0.3 is 5.97 Å². The van der Waals surface area contributed by atoms with E-state index in [1.165, 1.54) is 17.7 Å². The minimum absolute atomic E-state index is 0.137. The number of carboxylic acids is 1. The highest BCUT2D eigenvalue weighted by atomic mass is 35.5. The molecule has 0 bridgehead atoms. The van der Waals surface area contributed by atoms with Crippen molar-refractivity contribution in [2.75, 3.05) is 23.9 Å². The predicted molar refractivity (Wildman–Crippen MR) is 160 cm³/mol. The molecule has 1 amide bonds. The van der Waals surface area contributed by atoms with Crippen LogP contribution < -0.4 is 9.62 Å².